The summed E-state index contributed by atoms with van der Waals surface area (Å²) in [7, 11) is 0. The Hall–Kier alpha value is 1.74. The van der Waals surface area contributed by atoms with Crippen molar-refractivity contribution in [1.82, 2.24) is 0 Å². The summed E-state index contributed by atoms with van der Waals surface area (Å²) >= 11 is 37.1. The fraction of sp³-hybridized carbons (Fsp3) is 1.00. The van der Waals surface area contributed by atoms with E-state index in [1.54, 1.807) is 0 Å². The Balaban J connectivity index is 4.03. The molecule has 116 valence electrons. The molecule has 0 radical (unpaired) electrons. The molecule has 6 atom stereocenters. The van der Waals surface area contributed by atoms with Crippen LogP contribution in [0.25, 0.3) is 0 Å². The van der Waals surface area contributed by atoms with Gasteiger partial charge in [0.25, 0.3) is 0 Å². The highest BCUT2D eigenvalue weighted by atomic mass is 35.5. The number of halogens is 6. The molecule has 0 aliphatic heterocycles. The van der Waals surface area contributed by atoms with Crippen LogP contribution in [0.1, 0.15) is 46.0 Å². The molecule has 19 heavy (non-hydrogen) atoms. The predicted octanol–water partition coefficient (Wildman–Crippen LogP) is 6.62. The van der Waals surface area contributed by atoms with Crippen molar-refractivity contribution < 1.29 is 0 Å². The molecule has 0 aromatic rings. The molecule has 0 saturated carbocycles. The van der Waals surface area contributed by atoms with Gasteiger partial charge in [0.15, 0.2) is 0 Å². The molecule has 0 spiro atoms. The van der Waals surface area contributed by atoms with E-state index in [1.807, 2.05) is 13.8 Å². The molecule has 0 heterocycles. The van der Waals surface area contributed by atoms with E-state index < -0.39 is 0 Å². The normalized spacial score (nSPS) is 21.5. The maximum atomic E-state index is 6.28. The van der Waals surface area contributed by atoms with Gasteiger partial charge in [0.2, 0.25) is 0 Å². The van der Waals surface area contributed by atoms with Gasteiger partial charge in [-0.2, -0.15) is 0 Å². The minimum Gasteiger partial charge on any atom is -0.121 e. The highest BCUT2D eigenvalue weighted by Crippen LogP contribution is 2.28. The minimum atomic E-state index is -0.198. The highest BCUT2D eigenvalue weighted by Gasteiger charge is 2.25. The SMILES string of the molecule is CCC(Cl)C(Cl)CC(Cl)C(Cl)CCC(Cl)[13CH](Cl)[13CH2][13CH3]. The molecule has 6 unspecified atom stereocenters. The molecule has 0 nitrogen and oxygen atoms in total. The van der Waals surface area contributed by atoms with E-state index in [4.69, 9.17) is 69.6 Å². The van der Waals surface area contributed by atoms with E-state index >= 15 is 0 Å². The van der Waals surface area contributed by atoms with Crippen molar-refractivity contribution >= 4 is 69.6 Å². The van der Waals surface area contributed by atoms with Crippen molar-refractivity contribution in [2.45, 2.75) is 78.2 Å². The largest absolute Gasteiger partial charge is 0.121 e. The van der Waals surface area contributed by atoms with Gasteiger partial charge in [-0.1, -0.05) is 13.8 Å². The van der Waals surface area contributed by atoms with Crippen LogP contribution in [0.3, 0.4) is 0 Å². The lowest BCUT2D eigenvalue weighted by Gasteiger charge is -2.22. The van der Waals surface area contributed by atoms with Crippen LogP contribution < -0.4 is 0 Å². The predicted molar refractivity (Wildman–Crippen MR) is 92.3 cm³/mol. The second-order valence-corrected chi connectivity index (χ2v) is 8.09. The zero-order chi connectivity index (χ0) is 15.0. The van der Waals surface area contributed by atoms with Crippen LogP contribution in [-0.4, -0.2) is 32.3 Å². The van der Waals surface area contributed by atoms with Gasteiger partial charge in [0, 0.05) is 16.1 Å². The highest BCUT2D eigenvalue weighted by molar-refractivity contribution is 6.32. The van der Waals surface area contributed by atoms with Gasteiger partial charge in [-0.3, -0.25) is 0 Å². The van der Waals surface area contributed by atoms with Gasteiger partial charge in [0.1, 0.15) is 0 Å². The van der Waals surface area contributed by atoms with Gasteiger partial charge < -0.3 is 0 Å². The Morgan fingerprint density at radius 3 is 1.26 bits per heavy atom. The topological polar surface area (TPSA) is 0 Å². The quantitative estimate of drug-likeness (QED) is 0.289. The van der Waals surface area contributed by atoms with Crippen molar-refractivity contribution in [2.75, 3.05) is 0 Å². The van der Waals surface area contributed by atoms with Crippen molar-refractivity contribution in [1.29, 1.82) is 0 Å². The van der Waals surface area contributed by atoms with Crippen LogP contribution >= 0.6 is 69.6 Å². The van der Waals surface area contributed by atoms with Crippen molar-refractivity contribution in [3.05, 3.63) is 0 Å². The lowest BCUT2D eigenvalue weighted by molar-refractivity contribution is 0.576. The third kappa shape index (κ3) is 8.69. The zero-order valence-electron chi connectivity index (χ0n) is 11.3. The lowest BCUT2D eigenvalue weighted by Crippen LogP contribution is -2.25. The summed E-state index contributed by atoms with van der Waals surface area (Å²) in [5.41, 5.74) is 0. The average Bonchev–Trinajstić information content (AvgIpc) is 2.41. The van der Waals surface area contributed by atoms with Crippen LogP contribution in [0.4, 0.5) is 0 Å². The molecular weight excluding hydrogens is 372 g/mol. The van der Waals surface area contributed by atoms with Crippen molar-refractivity contribution in [2.24, 2.45) is 0 Å². The minimum absolute atomic E-state index is 0.0209. The van der Waals surface area contributed by atoms with Crippen LogP contribution in [0.5, 0.6) is 0 Å². The van der Waals surface area contributed by atoms with Crippen LogP contribution in [0.2, 0.25) is 0 Å². The lowest BCUT2D eigenvalue weighted by atomic mass is 10.1. The fourth-order valence-corrected chi connectivity index (χ4v) is 3.24. The molecule has 0 aliphatic carbocycles. The zero-order valence-corrected chi connectivity index (χ0v) is 15.8. The van der Waals surface area contributed by atoms with Crippen molar-refractivity contribution in [3.8, 4) is 0 Å². The molecule has 0 aromatic heterocycles. The molecular formula is C13H22Cl6. The first-order valence-electron chi connectivity index (χ1n) is 6.67. The summed E-state index contributed by atoms with van der Waals surface area (Å²) in [6.45, 7) is 4.01. The first kappa shape index (κ1) is 20.7. The Bertz CT molecular complexity index is 225. The summed E-state index contributed by atoms with van der Waals surface area (Å²) < 4.78 is 0. The second kappa shape index (κ2) is 11.3. The smallest absolute Gasteiger partial charge is 0.0514 e. The summed E-state index contributed by atoms with van der Waals surface area (Å²) in [5, 5.41) is -0.673. The van der Waals surface area contributed by atoms with Gasteiger partial charge >= 0.3 is 0 Å². The fourth-order valence-electron chi connectivity index (χ4n) is 1.70. The van der Waals surface area contributed by atoms with Gasteiger partial charge in [-0.25, -0.2) is 0 Å². The van der Waals surface area contributed by atoms with Gasteiger partial charge in [-0.15, -0.1) is 69.6 Å². The molecule has 0 N–H and O–H groups in total. The molecule has 0 saturated heterocycles. The van der Waals surface area contributed by atoms with Crippen molar-refractivity contribution in [3.63, 3.8) is 0 Å². The summed E-state index contributed by atoms with van der Waals surface area (Å²) in [6.07, 6.45) is 3.76. The second-order valence-electron chi connectivity index (χ2n) is 4.73. The molecule has 0 amide bonds. The molecule has 0 aromatic carbocycles. The summed E-state index contributed by atoms with van der Waals surface area (Å²) in [6, 6.07) is 0. The monoisotopic (exact) mass is 391 g/mol. The Labute approximate surface area is 147 Å². The number of alkyl halides is 6. The van der Waals surface area contributed by atoms with E-state index in [2.05, 4.69) is 0 Å². The molecule has 0 aliphatic rings. The molecule has 0 rings (SSSR count). The van der Waals surface area contributed by atoms with E-state index in [9.17, 15) is 0 Å². The standard InChI is InChI=1S/C13H22Cl6/c1-3-8(14)10(16)5-6-11(17)13(19)7-12(18)9(15)4-2/h8-13H,3-7H2,1-2H3/i1+1,3+1,8+1. The molecule has 0 fully saturated rings. The van der Waals surface area contributed by atoms with E-state index in [-0.39, 0.29) is 32.3 Å². The summed E-state index contributed by atoms with van der Waals surface area (Å²) in [4.78, 5) is 0. The third-order valence-electron chi connectivity index (χ3n) is 3.13. The Kier molecular flexibility index (Phi) is 12.4. The van der Waals surface area contributed by atoms with E-state index in [0.29, 0.717) is 6.42 Å². The number of hydrogen-bond acceptors (Lipinski definition) is 0. The maximum absolute atomic E-state index is 6.28. The Morgan fingerprint density at radius 2 is 0.842 bits per heavy atom. The Morgan fingerprint density at radius 1 is 0.526 bits per heavy atom. The average molecular weight is 394 g/mol. The number of hydrogen-bond donors (Lipinski definition) is 0. The molecule has 0 bridgehead atoms. The maximum Gasteiger partial charge on any atom is 0.0514 e. The van der Waals surface area contributed by atoms with Gasteiger partial charge in [-0.05, 0) is 32.1 Å². The summed E-state index contributed by atoms with van der Waals surface area (Å²) in [5.74, 6) is 0. The van der Waals surface area contributed by atoms with Crippen LogP contribution in [0, 0.1) is 0 Å². The van der Waals surface area contributed by atoms with Gasteiger partial charge in [0.05, 0.1) is 16.1 Å². The first-order chi connectivity index (χ1) is 8.83. The number of rotatable bonds is 10. The third-order valence-corrected chi connectivity index (χ3v) is 6.75. The van der Waals surface area contributed by atoms with Crippen LogP contribution in [-0.2, 0) is 0 Å². The molecule has 6 heteroatoms. The first-order valence-corrected chi connectivity index (χ1v) is 9.29. The van der Waals surface area contributed by atoms with E-state index in [0.717, 1.165) is 25.7 Å². The van der Waals surface area contributed by atoms with Crippen LogP contribution in [0.15, 0.2) is 0 Å². The van der Waals surface area contributed by atoms with E-state index in [1.165, 1.54) is 0 Å².